The van der Waals surface area contributed by atoms with E-state index in [1.165, 1.54) is 59.1 Å². The Morgan fingerprint density at radius 1 is 0.536 bits per heavy atom. The van der Waals surface area contributed by atoms with Crippen molar-refractivity contribution in [2.45, 2.75) is 52.4 Å². The van der Waals surface area contributed by atoms with Gasteiger partial charge in [0, 0.05) is 55.0 Å². The van der Waals surface area contributed by atoms with Crippen molar-refractivity contribution in [2.24, 2.45) is 0 Å². The minimum Gasteiger partial charge on any atom is -0.457 e. The van der Waals surface area contributed by atoms with Gasteiger partial charge in [-0.25, -0.2) is 4.98 Å². The molecule has 6 heteroatoms. The molecule has 0 radical (unpaired) electrons. The fourth-order valence-electron chi connectivity index (χ4n) is 8.26. The Balaban J connectivity index is 1.07. The lowest BCUT2D eigenvalue weighted by Gasteiger charge is -2.26. The summed E-state index contributed by atoms with van der Waals surface area (Å²) in [5.41, 5.74) is 9.24. The molecule has 0 amide bonds. The molecule has 1 aliphatic heterocycles. The molecule has 10 rings (SSSR count). The number of rotatable bonds is 5. The van der Waals surface area contributed by atoms with Gasteiger partial charge >= 0.3 is 0 Å². The zero-order chi connectivity index (χ0) is 38.3. The van der Waals surface area contributed by atoms with Crippen LogP contribution >= 0.6 is 11.3 Å². The van der Waals surface area contributed by atoms with E-state index in [1.54, 1.807) is 0 Å². The summed E-state index contributed by atoms with van der Waals surface area (Å²) in [7, 11) is 0. The van der Waals surface area contributed by atoms with Gasteiger partial charge in [0.05, 0.1) is 28.1 Å². The maximum atomic E-state index is 6.91. The van der Waals surface area contributed by atoms with Gasteiger partial charge < -0.3 is 14.5 Å². The van der Waals surface area contributed by atoms with E-state index in [2.05, 4.69) is 195 Å². The molecule has 4 heterocycles. The van der Waals surface area contributed by atoms with Crippen molar-refractivity contribution in [3.63, 3.8) is 0 Å². The molecule has 0 fully saturated rings. The minimum absolute atomic E-state index is 0.000988. The van der Waals surface area contributed by atoms with E-state index in [0.717, 1.165) is 34.0 Å². The maximum absolute atomic E-state index is 6.91. The van der Waals surface area contributed by atoms with Crippen molar-refractivity contribution in [3.05, 3.63) is 157 Å². The van der Waals surface area contributed by atoms with Gasteiger partial charge in [0.2, 0.25) is 0 Å². The quantitative estimate of drug-likeness (QED) is 0.175. The molecule has 0 spiro atoms. The first kappa shape index (κ1) is 34.4. The van der Waals surface area contributed by atoms with Crippen molar-refractivity contribution in [1.82, 2.24) is 9.55 Å². The summed E-state index contributed by atoms with van der Waals surface area (Å²) in [5, 5.41) is 4.98. The third-order valence-electron chi connectivity index (χ3n) is 11.2. The summed E-state index contributed by atoms with van der Waals surface area (Å²) in [6, 6.07) is 50.3. The predicted octanol–water partition coefficient (Wildman–Crippen LogP) is 14.2. The second kappa shape index (κ2) is 12.7. The van der Waals surface area contributed by atoms with Crippen LogP contribution in [-0.2, 0) is 10.8 Å². The summed E-state index contributed by atoms with van der Waals surface area (Å²) in [5.74, 6) is 2.50. The van der Waals surface area contributed by atoms with Gasteiger partial charge in [-0.05, 0) is 94.8 Å². The van der Waals surface area contributed by atoms with Crippen molar-refractivity contribution < 1.29 is 4.74 Å². The lowest BCUT2D eigenvalue weighted by atomic mass is 9.86. The van der Waals surface area contributed by atoms with E-state index in [0.29, 0.717) is 6.67 Å². The topological polar surface area (TPSA) is 33.5 Å². The molecule has 0 unspecified atom stereocenters. The summed E-state index contributed by atoms with van der Waals surface area (Å²) < 4.78 is 11.8. The van der Waals surface area contributed by atoms with Crippen LogP contribution in [-0.4, -0.2) is 16.2 Å². The first-order chi connectivity index (χ1) is 27.0. The Bertz CT molecular complexity index is 2980. The molecule has 0 N–H and O–H groups in total. The molecule has 1 aliphatic rings. The van der Waals surface area contributed by atoms with Gasteiger partial charge in [-0.3, -0.25) is 4.57 Å². The highest BCUT2D eigenvalue weighted by atomic mass is 32.1. The molecule has 5 nitrogen and oxygen atoms in total. The molecule has 9 aromatic rings. The third kappa shape index (κ3) is 5.70. The number of fused-ring (bicyclic) bond motifs is 7. The number of hydrogen-bond acceptors (Lipinski definition) is 5. The van der Waals surface area contributed by atoms with Crippen molar-refractivity contribution in [1.29, 1.82) is 0 Å². The van der Waals surface area contributed by atoms with Crippen LogP contribution in [0.15, 0.2) is 146 Å². The van der Waals surface area contributed by atoms with Crippen LogP contribution in [0.25, 0.3) is 47.8 Å². The van der Waals surface area contributed by atoms with E-state index in [1.807, 2.05) is 17.5 Å². The van der Waals surface area contributed by atoms with E-state index >= 15 is 0 Å². The zero-order valence-corrected chi connectivity index (χ0v) is 33.5. The lowest BCUT2D eigenvalue weighted by Crippen LogP contribution is -2.24. The standard InChI is InChI=1S/C50H44N4OS/c1-49(2,3)32-24-25-51-47(28-32)54-40-16-9-7-14-37(40)38-23-22-35(30-44(38)54)55-36-27-33(50(4,5)6)26-34(29-36)52-31-53(42-18-11-10-17-41(42)52)43-19-13-21-46-48(43)39-15-8-12-20-45(39)56-46/h7-30H,31H2,1-6H3. The predicted molar refractivity (Wildman–Crippen MR) is 237 cm³/mol. The highest BCUT2D eigenvalue weighted by molar-refractivity contribution is 7.26. The first-order valence-corrected chi connectivity index (χ1v) is 20.2. The number of anilines is 4. The Morgan fingerprint density at radius 3 is 2.02 bits per heavy atom. The van der Waals surface area contributed by atoms with Gasteiger partial charge in [0.15, 0.2) is 0 Å². The summed E-state index contributed by atoms with van der Waals surface area (Å²) >= 11 is 1.86. The van der Waals surface area contributed by atoms with Crippen LogP contribution in [0.2, 0.25) is 0 Å². The van der Waals surface area contributed by atoms with Gasteiger partial charge in [-0.1, -0.05) is 96.1 Å². The second-order valence-corrected chi connectivity index (χ2v) is 18.1. The summed E-state index contributed by atoms with van der Waals surface area (Å²) in [6.07, 6.45) is 1.93. The second-order valence-electron chi connectivity index (χ2n) is 17.0. The average Bonchev–Trinajstić information content (AvgIpc) is 3.87. The number of pyridine rings is 1. The smallest absolute Gasteiger partial charge is 0.137 e. The zero-order valence-electron chi connectivity index (χ0n) is 32.7. The molecule has 0 atom stereocenters. The molecule has 6 aromatic carbocycles. The minimum atomic E-state index is -0.103. The van der Waals surface area contributed by atoms with Gasteiger partial charge in [0.25, 0.3) is 0 Å². The van der Waals surface area contributed by atoms with Crippen LogP contribution in [0, 0.1) is 0 Å². The molecule has 0 saturated carbocycles. The molecular weight excluding hydrogens is 705 g/mol. The van der Waals surface area contributed by atoms with Crippen molar-refractivity contribution in [2.75, 3.05) is 16.5 Å². The van der Waals surface area contributed by atoms with E-state index in [-0.39, 0.29) is 10.8 Å². The number of para-hydroxylation sites is 3. The molecule has 276 valence electrons. The maximum Gasteiger partial charge on any atom is 0.137 e. The molecule has 0 bridgehead atoms. The normalized spacial score (nSPS) is 13.4. The number of ether oxygens (including phenoxy) is 1. The average molecular weight is 749 g/mol. The molecule has 3 aromatic heterocycles. The monoisotopic (exact) mass is 748 g/mol. The first-order valence-electron chi connectivity index (χ1n) is 19.4. The molecule has 0 aliphatic carbocycles. The van der Waals surface area contributed by atoms with Crippen molar-refractivity contribution in [3.8, 4) is 17.3 Å². The van der Waals surface area contributed by atoms with E-state index < -0.39 is 0 Å². The highest BCUT2D eigenvalue weighted by Gasteiger charge is 2.31. The summed E-state index contributed by atoms with van der Waals surface area (Å²) in [6.45, 7) is 14.2. The fraction of sp³-hybridized carbons (Fsp3) is 0.180. The number of thiophene rings is 1. The summed E-state index contributed by atoms with van der Waals surface area (Å²) in [4.78, 5) is 9.79. The van der Waals surface area contributed by atoms with Crippen LogP contribution in [0.1, 0.15) is 52.7 Å². The Hall–Kier alpha value is -6.11. The Labute approximate surface area is 332 Å². The van der Waals surface area contributed by atoms with Crippen molar-refractivity contribution >= 4 is 76.1 Å². The Kier molecular flexibility index (Phi) is 7.81. The van der Waals surface area contributed by atoms with Gasteiger partial charge in [-0.15, -0.1) is 11.3 Å². The van der Waals surface area contributed by atoms with Crippen LogP contribution < -0.4 is 14.5 Å². The number of aromatic nitrogens is 2. The number of nitrogens with zero attached hydrogens (tertiary/aromatic N) is 4. The SMILES string of the molecule is CC(C)(C)c1cc(Oc2ccc3c4ccccc4n(-c4cc(C(C)(C)C)ccn4)c3c2)cc(N2CN(c3cccc4sc5ccccc5c34)c3ccccc32)c1. The Morgan fingerprint density at radius 2 is 1.21 bits per heavy atom. The van der Waals surface area contributed by atoms with Gasteiger partial charge in [0.1, 0.15) is 24.0 Å². The molecular formula is C50H44N4OS. The lowest BCUT2D eigenvalue weighted by molar-refractivity contribution is 0.479. The highest BCUT2D eigenvalue weighted by Crippen LogP contribution is 2.49. The third-order valence-corrected chi connectivity index (χ3v) is 12.3. The molecule has 56 heavy (non-hydrogen) atoms. The van der Waals surface area contributed by atoms with E-state index in [4.69, 9.17) is 9.72 Å². The van der Waals surface area contributed by atoms with Crippen LogP contribution in [0.5, 0.6) is 11.5 Å². The van der Waals surface area contributed by atoms with Crippen LogP contribution in [0.3, 0.4) is 0 Å². The van der Waals surface area contributed by atoms with E-state index in [9.17, 15) is 0 Å². The molecule has 0 saturated heterocycles. The number of benzene rings is 6. The fourth-order valence-corrected chi connectivity index (χ4v) is 9.38. The largest absolute Gasteiger partial charge is 0.457 e. The number of hydrogen-bond donors (Lipinski definition) is 0. The van der Waals surface area contributed by atoms with Gasteiger partial charge in [-0.2, -0.15) is 0 Å². The van der Waals surface area contributed by atoms with Crippen LogP contribution in [0.4, 0.5) is 22.7 Å².